The predicted molar refractivity (Wildman–Crippen MR) is 127 cm³/mol. The fourth-order valence-electron chi connectivity index (χ4n) is 3.78. The van der Waals surface area contributed by atoms with Crippen molar-refractivity contribution >= 4 is 43.8 Å². The van der Waals surface area contributed by atoms with Crippen molar-refractivity contribution in [3.05, 3.63) is 65.2 Å². The van der Waals surface area contributed by atoms with E-state index in [0.717, 1.165) is 17.7 Å². The first-order chi connectivity index (χ1) is 15.9. The second-order valence-electron chi connectivity index (χ2n) is 7.76. The molecule has 10 heteroatoms. The Balaban J connectivity index is 1.36. The molecule has 2 heterocycles. The number of rotatable bonds is 8. The second-order valence-corrected chi connectivity index (χ2v) is 10.9. The molecule has 172 valence electrons. The van der Waals surface area contributed by atoms with E-state index in [4.69, 9.17) is 0 Å². The van der Waals surface area contributed by atoms with Gasteiger partial charge in [-0.05, 0) is 30.2 Å². The minimum Gasteiger partial charge on any atom is -0.311 e. The van der Waals surface area contributed by atoms with E-state index in [1.54, 1.807) is 23.1 Å². The number of aryl methyl sites for hydroxylation is 1. The predicted octanol–water partition coefficient (Wildman–Crippen LogP) is 3.42. The van der Waals surface area contributed by atoms with Gasteiger partial charge in [-0.15, -0.1) is 10.2 Å². The molecule has 0 spiro atoms. The first kappa shape index (κ1) is 23.1. The maximum Gasteiger partial charge on any atom is 0.227 e. The van der Waals surface area contributed by atoms with Crippen molar-refractivity contribution in [2.45, 2.75) is 37.0 Å². The number of anilines is 2. The summed E-state index contributed by atoms with van der Waals surface area (Å²) in [5.41, 5.74) is 2.03. The largest absolute Gasteiger partial charge is 0.311 e. The molecule has 1 aliphatic heterocycles. The summed E-state index contributed by atoms with van der Waals surface area (Å²) in [5.74, 6) is -0.813. The molecule has 1 saturated heterocycles. The van der Waals surface area contributed by atoms with Gasteiger partial charge in [-0.25, -0.2) is 8.42 Å². The highest BCUT2D eigenvalue weighted by molar-refractivity contribution is 7.91. The molecule has 0 saturated carbocycles. The number of aromatic nitrogens is 2. The third-order valence-corrected chi connectivity index (χ3v) is 8.26. The molecular weight excluding hydrogens is 460 g/mol. The van der Waals surface area contributed by atoms with Crippen LogP contribution in [0.4, 0.5) is 10.8 Å². The van der Waals surface area contributed by atoms with Gasteiger partial charge in [0.05, 0.1) is 10.6 Å². The first-order valence-electron chi connectivity index (χ1n) is 10.7. The summed E-state index contributed by atoms with van der Waals surface area (Å²) in [6, 6.07) is 15.9. The van der Waals surface area contributed by atoms with E-state index in [2.05, 4.69) is 22.4 Å². The van der Waals surface area contributed by atoms with E-state index in [1.807, 2.05) is 24.3 Å². The van der Waals surface area contributed by atoms with E-state index in [1.165, 1.54) is 23.5 Å². The highest BCUT2D eigenvalue weighted by Crippen LogP contribution is 2.35. The third-order valence-electron chi connectivity index (χ3n) is 5.52. The molecule has 1 N–H and O–H groups in total. The van der Waals surface area contributed by atoms with Crippen molar-refractivity contribution in [2.75, 3.05) is 22.5 Å². The molecule has 1 aliphatic rings. The molecule has 0 radical (unpaired) electrons. The van der Waals surface area contributed by atoms with E-state index < -0.39 is 15.7 Å². The van der Waals surface area contributed by atoms with Gasteiger partial charge in [0.2, 0.25) is 16.9 Å². The lowest BCUT2D eigenvalue weighted by molar-refractivity contribution is -0.117. The molecule has 2 aromatic carbocycles. The minimum absolute atomic E-state index is 0.0350. The van der Waals surface area contributed by atoms with Crippen LogP contribution in [0.1, 0.15) is 36.3 Å². The molecule has 0 bridgehead atoms. The molecule has 8 nitrogen and oxygen atoms in total. The van der Waals surface area contributed by atoms with Gasteiger partial charge < -0.3 is 10.2 Å². The van der Waals surface area contributed by atoms with Gasteiger partial charge in [-0.3, -0.25) is 9.59 Å². The SMILES string of the molecule is CCc1ccccc1N1CC(c2nnc(NC(=O)CCS(=O)(=O)c3ccccc3)s2)CC1=O. The number of amides is 2. The molecule has 33 heavy (non-hydrogen) atoms. The molecule has 4 rings (SSSR count). The number of para-hydroxylation sites is 1. The average Bonchev–Trinajstić information content (AvgIpc) is 3.45. The zero-order valence-electron chi connectivity index (χ0n) is 18.1. The van der Waals surface area contributed by atoms with Crippen LogP contribution in [0.2, 0.25) is 0 Å². The van der Waals surface area contributed by atoms with E-state index >= 15 is 0 Å². The number of nitrogens with one attached hydrogen (secondary N) is 1. The van der Waals surface area contributed by atoms with Gasteiger partial charge in [0, 0.05) is 31.0 Å². The number of hydrogen-bond acceptors (Lipinski definition) is 7. The molecular formula is C23H24N4O4S2. The van der Waals surface area contributed by atoms with E-state index in [9.17, 15) is 18.0 Å². The number of benzene rings is 2. The van der Waals surface area contributed by atoms with Crippen molar-refractivity contribution in [2.24, 2.45) is 0 Å². The Bertz CT molecular complexity index is 1260. The Morgan fingerprint density at radius 3 is 2.61 bits per heavy atom. The summed E-state index contributed by atoms with van der Waals surface area (Å²) < 4.78 is 24.7. The van der Waals surface area contributed by atoms with Crippen LogP contribution in [0.15, 0.2) is 59.5 Å². The topological polar surface area (TPSA) is 109 Å². The van der Waals surface area contributed by atoms with Crippen LogP contribution in [-0.4, -0.2) is 42.7 Å². The number of nitrogens with zero attached hydrogens (tertiary/aromatic N) is 3. The van der Waals surface area contributed by atoms with Crippen LogP contribution >= 0.6 is 11.3 Å². The van der Waals surface area contributed by atoms with Gasteiger partial charge in [0.1, 0.15) is 5.01 Å². The first-order valence-corrected chi connectivity index (χ1v) is 13.1. The fraction of sp³-hybridized carbons (Fsp3) is 0.304. The Morgan fingerprint density at radius 1 is 1.12 bits per heavy atom. The van der Waals surface area contributed by atoms with E-state index in [-0.39, 0.29) is 28.9 Å². The van der Waals surface area contributed by atoms with Crippen molar-refractivity contribution in [1.29, 1.82) is 0 Å². The van der Waals surface area contributed by atoms with Crippen LogP contribution in [0, 0.1) is 0 Å². The summed E-state index contributed by atoms with van der Waals surface area (Å²) in [7, 11) is -3.54. The van der Waals surface area contributed by atoms with Crippen molar-refractivity contribution in [3.8, 4) is 0 Å². The Hall–Kier alpha value is -3.11. The summed E-state index contributed by atoms with van der Waals surface area (Å²) in [6.07, 6.45) is 0.977. The van der Waals surface area contributed by atoms with Crippen LogP contribution in [0.25, 0.3) is 0 Å². The summed E-state index contributed by atoms with van der Waals surface area (Å²) in [5, 5.41) is 11.8. The van der Waals surface area contributed by atoms with Crippen LogP contribution in [0.3, 0.4) is 0 Å². The molecule has 3 aromatic rings. The molecule has 2 amide bonds. The van der Waals surface area contributed by atoms with E-state index in [0.29, 0.717) is 23.1 Å². The fourth-order valence-corrected chi connectivity index (χ4v) is 5.90. The van der Waals surface area contributed by atoms with Crippen molar-refractivity contribution in [1.82, 2.24) is 10.2 Å². The Kier molecular flexibility index (Phi) is 6.85. The number of carbonyl (C=O) groups excluding carboxylic acids is 2. The lowest BCUT2D eigenvalue weighted by Gasteiger charge is -2.19. The molecule has 1 atom stereocenters. The number of sulfone groups is 1. The lowest BCUT2D eigenvalue weighted by Crippen LogP contribution is -2.25. The van der Waals surface area contributed by atoms with Crippen LogP contribution < -0.4 is 10.2 Å². The number of hydrogen-bond donors (Lipinski definition) is 1. The van der Waals surface area contributed by atoms with Gasteiger partial charge in [-0.2, -0.15) is 0 Å². The highest BCUT2D eigenvalue weighted by Gasteiger charge is 2.34. The Morgan fingerprint density at radius 2 is 1.85 bits per heavy atom. The monoisotopic (exact) mass is 484 g/mol. The quantitative estimate of drug-likeness (QED) is 0.525. The lowest BCUT2D eigenvalue weighted by atomic mass is 10.1. The van der Waals surface area contributed by atoms with Crippen LogP contribution in [0.5, 0.6) is 0 Å². The molecule has 0 aliphatic carbocycles. The van der Waals surface area contributed by atoms with Crippen molar-refractivity contribution < 1.29 is 18.0 Å². The highest BCUT2D eigenvalue weighted by atomic mass is 32.2. The van der Waals surface area contributed by atoms with Gasteiger partial charge in [0.25, 0.3) is 0 Å². The van der Waals surface area contributed by atoms with Crippen LogP contribution in [-0.2, 0) is 25.8 Å². The Labute approximate surface area is 196 Å². The van der Waals surface area contributed by atoms with Gasteiger partial charge >= 0.3 is 0 Å². The summed E-state index contributed by atoms with van der Waals surface area (Å²) in [6.45, 7) is 2.56. The zero-order chi connectivity index (χ0) is 23.4. The summed E-state index contributed by atoms with van der Waals surface area (Å²) in [4.78, 5) is 26.9. The smallest absolute Gasteiger partial charge is 0.227 e. The second kappa shape index (κ2) is 9.80. The number of carbonyl (C=O) groups is 2. The zero-order valence-corrected chi connectivity index (χ0v) is 19.7. The van der Waals surface area contributed by atoms with Gasteiger partial charge in [-0.1, -0.05) is 54.7 Å². The minimum atomic E-state index is -3.54. The third kappa shape index (κ3) is 5.28. The normalized spacial score (nSPS) is 16.2. The molecule has 1 aromatic heterocycles. The average molecular weight is 485 g/mol. The molecule has 1 unspecified atom stereocenters. The summed E-state index contributed by atoms with van der Waals surface area (Å²) >= 11 is 1.21. The standard InChI is InChI=1S/C23H24N4O4S2/c1-2-16-8-6-7-11-19(16)27-15-17(14-21(27)29)22-25-26-23(32-22)24-20(28)12-13-33(30,31)18-9-4-3-5-10-18/h3-11,17H,2,12-15H2,1H3,(H,24,26,28). The maximum absolute atomic E-state index is 12.7. The maximum atomic E-state index is 12.7. The van der Waals surface area contributed by atoms with Crippen molar-refractivity contribution in [3.63, 3.8) is 0 Å². The molecule has 1 fully saturated rings. The van der Waals surface area contributed by atoms with Gasteiger partial charge in [0.15, 0.2) is 9.84 Å².